The number of hydrogen-bond acceptors (Lipinski definition) is 3. The average Bonchev–Trinajstić information content (AvgIpc) is 2.86. The van der Waals surface area contributed by atoms with Gasteiger partial charge < -0.3 is 9.84 Å². The number of esters is 1. The Hall–Kier alpha value is -0.830. The van der Waals surface area contributed by atoms with Crippen molar-refractivity contribution >= 4 is 5.97 Å². The van der Waals surface area contributed by atoms with Crippen molar-refractivity contribution in [3.63, 3.8) is 0 Å². The van der Waals surface area contributed by atoms with Gasteiger partial charge >= 0.3 is 5.97 Å². The van der Waals surface area contributed by atoms with E-state index in [-0.39, 0.29) is 17.7 Å². The van der Waals surface area contributed by atoms with Crippen molar-refractivity contribution in [2.45, 2.75) is 51.2 Å². The molecule has 6 atom stereocenters. The minimum Gasteiger partial charge on any atom is -0.456 e. The van der Waals surface area contributed by atoms with E-state index < -0.39 is 0 Å². The van der Waals surface area contributed by atoms with Gasteiger partial charge in [-0.1, -0.05) is 6.58 Å². The van der Waals surface area contributed by atoms with Crippen LogP contribution in [0.4, 0.5) is 0 Å². The Balaban J connectivity index is 1.72. The van der Waals surface area contributed by atoms with Gasteiger partial charge in [0.1, 0.15) is 5.60 Å². The molecule has 6 unspecified atom stereocenters. The molecule has 100 valence electrons. The van der Waals surface area contributed by atoms with E-state index in [1.807, 2.05) is 6.92 Å². The highest BCUT2D eigenvalue weighted by molar-refractivity contribution is 5.87. The molecule has 1 N–H and O–H groups in total. The van der Waals surface area contributed by atoms with Crippen LogP contribution in [0.15, 0.2) is 12.2 Å². The Morgan fingerprint density at radius 3 is 2.61 bits per heavy atom. The van der Waals surface area contributed by atoms with Gasteiger partial charge in [0.15, 0.2) is 0 Å². The average molecular weight is 250 g/mol. The number of aliphatic hydroxyl groups excluding tert-OH is 1. The molecule has 0 amide bonds. The fraction of sp³-hybridized carbons (Fsp3) is 0.800. The maximum atomic E-state index is 11.7. The molecule has 0 aromatic carbocycles. The van der Waals surface area contributed by atoms with Gasteiger partial charge in [-0.2, -0.15) is 0 Å². The molecular formula is C15H22O3. The Morgan fingerprint density at radius 2 is 1.94 bits per heavy atom. The summed E-state index contributed by atoms with van der Waals surface area (Å²) in [6, 6.07) is 0. The summed E-state index contributed by atoms with van der Waals surface area (Å²) in [6.07, 6.45) is 3.90. The van der Waals surface area contributed by atoms with E-state index in [1.54, 1.807) is 6.92 Å². The first kappa shape index (κ1) is 12.2. The molecule has 18 heavy (non-hydrogen) atoms. The molecule has 3 aliphatic carbocycles. The largest absolute Gasteiger partial charge is 0.456 e. The second kappa shape index (κ2) is 3.83. The lowest BCUT2D eigenvalue weighted by atomic mass is 9.80. The Kier molecular flexibility index (Phi) is 2.60. The monoisotopic (exact) mass is 250 g/mol. The molecule has 3 nitrogen and oxygen atoms in total. The van der Waals surface area contributed by atoms with Crippen molar-refractivity contribution in [1.29, 1.82) is 0 Å². The normalized spacial score (nSPS) is 49.2. The zero-order valence-electron chi connectivity index (χ0n) is 11.2. The standard InChI is InChI=1S/C15H22O3/c1-8(2)14(17)18-15(3)6-11-9-4-10(12(11)7-15)13(16)5-9/h9-13,16H,1,4-7H2,2-3H3. The Morgan fingerprint density at radius 1 is 1.28 bits per heavy atom. The third-order valence-corrected chi connectivity index (χ3v) is 5.34. The first-order valence-corrected chi connectivity index (χ1v) is 6.96. The molecule has 3 fully saturated rings. The lowest BCUT2D eigenvalue weighted by Gasteiger charge is -2.27. The highest BCUT2D eigenvalue weighted by atomic mass is 16.6. The van der Waals surface area contributed by atoms with Crippen molar-refractivity contribution in [1.82, 2.24) is 0 Å². The number of fused-ring (bicyclic) bond motifs is 5. The Bertz CT molecular complexity index is 403. The molecule has 0 aromatic heterocycles. The minimum absolute atomic E-state index is 0.115. The lowest BCUT2D eigenvalue weighted by molar-refractivity contribution is -0.153. The van der Waals surface area contributed by atoms with Crippen LogP contribution >= 0.6 is 0 Å². The molecule has 0 spiro atoms. The second-order valence-corrected chi connectivity index (χ2v) is 6.82. The van der Waals surface area contributed by atoms with E-state index in [4.69, 9.17) is 4.74 Å². The molecule has 3 heteroatoms. The number of carbonyl (C=O) groups excluding carboxylic acids is 1. The van der Waals surface area contributed by atoms with Gasteiger partial charge in [-0.05, 0) is 63.2 Å². The molecule has 3 rings (SSSR count). The van der Waals surface area contributed by atoms with Crippen LogP contribution < -0.4 is 0 Å². The number of hydrogen-bond donors (Lipinski definition) is 1. The number of carbonyl (C=O) groups is 1. The van der Waals surface area contributed by atoms with E-state index in [2.05, 4.69) is 6.58 Å². The predicted molar refractivity (Wildman–Crippen MR) is 67.7 cm³/mol. The minimum atomic E-state index is -0.341. The quantitative estimate of drug-likeness (QED) is 0.604. The van der Waals surface area contributed by atoms with Crippen LogP contribution in [0.25, 0.3) is 0 Å². The molecule has 2 bridgehead atoms. The van der Waals surface area contributed by atoms with Crippen molar-refractivity contribution in [3.05, 3.63) is 12.2 Å². The van der Waals surface area contributed by atoms with Crippen molar-refractivity contribution < 1.29 is 14.6 Å². The molecule has 0 heterocycles. The molecular weight excluding hydrogens is 228 g/mol. The SMILES string of the molecule is C=C(C)C(=O)OC1(C)CC2C3CC(O)C(C3)C2C1. The van der Waals surface area contributed by atoms with Crippen LogP contribution in [-0.4, -0.2) is 22.8 Å². The summed E-state index contributed by atoms with van der Waals surface area (Å²) in [5.41, 5.74) is 0.128. The summed E-state index contributed by atoms with van der Waals surface area (Å²) in [4.78, 5) is 11.7. The van der Waals surface area contributed by atoms with Crippen LogP contribution in [0.1, 0.15) is 39.5 Å². The number of ether oxygens (including phenoxy) is 1. The molecule has 3 aliphatic rings. The molecule has 0 radical (unpaired) electrons. The summed E-state index contributed by atoms with van der Waals surface area (Å²) in [5.74, 6) is 2.04. The zero-order valence-corrected chi connectivity index (χ0v) is 11.2. The van der Waals surface area contributed by atoms with Gasteiger partial charge in [-0.3, -0.25) is 0 Å². The van der Waals surface area contributed by atoms with Gasteiger partial charge in [0.25, 0.3) is 0 Å². The lowest BCUT2D eigenvalue weighted by Crippen LogP contribution is -2.30. The maximum Gasteiger partial charge on any atom is 0.333 e. The molecule has 0 aliphatic heterocycles. The Labute approximate surface area is 108 Å². The summed E-state index contributed by atoms with van der Waals surface area (Å²) >= 11 is 0. The van der Waals surface area contributed by atoms with Gasteiger partial charge in [0.05, 0.1) is 6.10 Å². The zero-order chi connectivity index (χ0) is 13.1. The van der Waals surface area contributed by atoms with E-state index in [1.165, 1.54) is 6.42 Å². The summed E-state index contributed by atoms with van der Waals surface area (Å²) in [7, 11) is 0. The third kappa shape index (κ3) is 1.71. The first-order valence-electron chi connectivity index (χ1n) is 6.96. The molecule has 3 saturated carbocycles. The van der Waals surface area contributed by atoms with Crippen LogP contribution in [0.5, 0.6) is 0 Å². The van der Waals surface area contributed by atoms with Gasteiger partial charge in [0, 0.05) is 5.57 Å². The van der Waals surface area contributed by atoms with Gasteiger partial charge in [0.2, 0.25) is 0 Å². The molecule has 0 aromatic rings. The topological polar surface area (TPSA) is 46.5 Å². The summed E-state index contributed by atoms with van der Waals surface area (Å²) in [5, 5.41) is 9.98. The van der Waals surface area contributed by atoms with Crippen molar-refractivity contribution in [2.75, 3.05) is 0 Å². The number of aliphatic hydroxyl groups is 1. The highest BCUT2D eigenvalue weighted by Gasteiger charge is 2.59. The fourth-order valence-electron chi connectivity index (χ4n) is 4.66. The first-order chi connectivity index (χ1) is 8.39. The van der Waals surface area contributed by atoms with Crippen LogP contribution in [-0.2, 0) is 9.53 Å². The van der Waals surface area contributed by atoms with E-state index in [0.29, 0.717) is 29.2 Å². The maximum absolute atomic E-state index is 11.7. The second-order valence-electron chi connectivity index (χ2n) is 6.82. The van der Waals surface area contributed by atoms with E-state index in [9.17, 15) is 9.90 Å². The summed E-state index contributed by atoms with van der Waals surface area (Å²) in [6.45, 7) is 7.37. The van der Waals surface area contributed by atoms with Crippen LogP contribution in [0.2, 0.25) is 0 Å². The molecule has 0 saturated heterocycles. The van der Waals surface area contributed by atoms with Gasteiger partial charge in [-0.15, -0.1) is 0 Å². The fourth-order valence-corrected chi connectivity index (χ4v) is 4.66. The smallest absolute Gasteiger partial charge is 0.333 e. The van der Waals surface area contributed by atoms with Crippen molar-refractivity contribution in [3.8, 4) is 0 Å². The predicted octanol–water partition coefficient (Wildman–Crippen LogP) is 2.29. The highest BCUT2D eigenvalue weighted by Crippen LogP contribution is 2.61. The van der Waals surface area contributed by atoms with E-state index >= 15 is 0 Å². The number of rotatable bonds is 2. The van der Waals surface area contributed by atoms with E-state index in [0.717, 1.165) is 19.3 Å². The third-order valence-electron chi connectivity index (χ3n) is 5.34. The van der Waals surface area contributed by atoms with Crippen LogP contribution in [0.3, 0.4) is 0 Å². The van der Waals surface area contributed by atoms with Crippen LogP contribution in [0, 0.1) is 23.7 Å². The van der Waals surface area contributed by atoms with Crippen molar-refractivity contribution in [2.24, 2.45) is 23.7 Å². The van der Waals surface area contributed by atoms with Gasteiger partial charge in [-0.25, -0.2) is 4.79 Å². The summed E-state index contributed by atoms with van der Waals surface area (Å²) < 4.78 is 5.64.